The molecular weight excluding hydrogens is 314 g/mol. The van der Waals surface area contributed by atoms with Gasteiger partial charge in [-0.15, -0.1) is 0 Å². The Kier molecular flexibility index (Phi) is 4.87. The second-order valence-electron chi connectivity index (χ2n) is 5.30. The zero-order valence-electron chi connectivity index (χ0n) is 14.0. The topological polar surface area (TPSA) is 51.5 Å². The quantitative estimate of drug-likeness (QED) is 0.657. The van der Waals surface area contributed by atoms with E-state index in [2.05, 4.69) is 6.07 Å². The standard InChI is InChI=1S/C21H17NO3/c1-23-17-10-6-15(7-11-17)16-8-12-18(13-9-16)25-21-5-3-4-20(24-2)19(21)14-22/h3-13H,1-2H3. The van der Waals surface area contributed by atoms with Crippen LogP contribution in [0.3, 0.4) is 0 Å². The maximum atomic E-state index is 9.32. The highest BCUT2D eigenvalue weighted by molar-refractivity contribution is 5.65. The highest BCUT2D eigenvalue weighted by Gasteiger charge is 2.10. The summed E-state index contributed by atoms with van der Waals surface area (Å²) in [5.74, 6) is 2.45. The SMILES string of the molecule is COc1ccc(-c2ccc(Oc3cccc(OC)c3C#N)cc2)cc1. The highest BCUT2D eigenvalue weighted by Crippen LogP contribution is 2.32. The van der Waals surface area contributed by atoms with Crippen LogP contribution in [0.2, 0.25) is 0 Å². The van der Waals surface area contributed by atoms with Gasteiger partial charge in [0.2, 0.25) is 0 Å². The van der Waals surface area contributed by atoms with Crippen LogP contribution in [0.1, 0.15) is 5.56 Å². The molecule has 0 aliphatic rings. The predicted octanol–water partition coefficient (Wildman–Crippen LogP) is 5.03. The summed E-state index contributed by atoms with van der Waals surface area (Å²) in [5, 5.41) is 9.32. The lowest BCUT2D eigenvalue weighted by atomic mass is 10.1. The fraction of sp³-hybridized carbons (Fsp3) is 0.0952. The molecular formula is C21H17NO3. The first-order valence-corrected chi connectivity index (χ1v) is 7.74. The van der Waals surface area contributed by atoms with Gasteiger partial charge in [0.15, 0.2) is 0 Å². The summed E-state index contributed by atoms with van der Waals surface area (Å²) in [6.45, 7) is 0. The van der Waals surface area contributed by atoms with Crippen molar-refractivity contribution in [2.45, 2.75) is 0 Å². The first kappa shape index (κ1) is 16.4. The van der Waals surface area contributed by atoms with E-state index in [1.165, 1.54) is 7.11 Å². The molecule has 3 aromatic rings. The number of hydrogen-bond acceptors (Lipinski definition) is 4. The summed E-state index contributed by atoms with van der Waals surface area (Å²) in [4.78, 5) is 0. The van der Waals surface area contributed by atoms with Crippen LogP contribution in [0.4, 0.5) is 0 Å². The van der Waals surface area contributed by atoms with Gasteiger partial charge in [-0.1, -0.05) is 30.3 Å². The molecule has 0 aliphatic heterocycles. The Hall–Kier alpha value is -3.45. The number of nitrogens with zero attached hydrogens (tertiary/aromatic N) is 1. The molecule has 0 unspecified atom stereocenters. The lowest BCUT2D eigenvalue weighted by molar-refractivity contribution is 0.407. The number of nitriles is 1. The zero-order chi connectivity index (χ0) is 17.6. The van der Waals surface area contributed by atoms with Crippen molar-refractivity contribution < 1.29 is 14.2 Å². The van der Waals surface area contributed by atoms with Crippen molar-refractivity contribution >= 4 is 0 Å². The van der Waals surface area contributed by atoms with Crippen LogP contribution in [-0.2, 0) is 0 Å². The average Bonchev–Trinajstić information content (AvgIpc) is 2.68. The zero-order valence-corrected chi connectivity index (χ0v) is 14.0. The van der Waals surface area contributed by atoms with Crippen molar-refractivity contribution in [1.82, 2.24) is 0 Å². The van der Waals surface area contributed by atoms with Gasteiger partial charge in [-0.25, -0.2) is 0 Å². The van der Waals surface area contributed by atoms with Crippen LogP contribution >= 0.6 is 0 Å². The summed E-state index contributed by atoms with van der Waals surface area (Å²) in [7, 11) is 3.18. The van der Waals surface area contributed by atoms with E-state index < -0.39 is 0 Å². The van der Waals surface area contributed by atoms with E-state index >= 15 is 0 Å². The second kappa shape index (κ2) is 7.41. The van der Waals surface area contributed by atoms with Crippen molar-refractivity contribution in [3.8, 4) is 40.2 Å². The average molecular weight is 331 g/mol. The number of ether oxygens (including phenoxy) is 3. The van der Waals surface area contributed by atoms with E-state index in [1.807, 2.05) is 48.5 Å². The van der Waals surface area contributed by atoms with Crippen LogP contribution in [0.15, 0.2) is 66.7 Å². The molecule has 0 saturated heterocycles. The van der Waals surface area contributed by atoms with Crippen molar-refractivity contribution in [1.29, 1.82) is 5.26 Å². The lowest BCUT2D eigenvalue weighted by Gasteiger charge is -2.11. The summed E-state index contributed by atoms with van der Waals surface area (Å²) in [6, 6.07) is 23.0. The molecule has 0 amide bonds. The smallest absolute Gasteiger partial charge is 0.148 e. The van der Waals surface area contributed by atoms with E-state index in [4.69, 9.17) is 14.2 Å². The summed E-state index contributed by atoms with van der Waals surface area (Å²) < 4.78 is 16.2. The summed E-state index contributed by atoms with van der Waals surface area (Å²) in [6.07, 6.45) is 0. The number of rotatable bonds is 5. The Morgan fingerprint density at radius 1 is 0.680 bits per heavy atom. The first-order chi connectivity index (χ1) is 12.2. The van der Waals surface area contributed by atoms with E-state index in [1.54, 1.807) is 25.3 Å². The van der Waals surface area contributed by atoms with Gasteiger partial charge >= 0.3 is 0 Å². The molecule has 25 heavy (non-hydrogen) atoms. The lowest BCUT2D eigenvalue weighted by Crippen LogP contribution is -1.92. The largest absolute Gasteiger partial charge is 0.497 e. The van der Waals surface area contributed by atoms with Gasteiger partial charge in [0, 0.05) is 0 Å². The number of methoxy groups -OCH3 is 2. The van der Waals surface area contributed by atoms with Crippen molar-refractivity contribution in [2.75, 3.05) is 14.2 Å². The van der Waals surface area contributed by atoms with Crippen LogP contribution < -0.4 is 14.2 Å². The van der Waals surface area contributed by atoms with Crippen LogP contribution in [0, 0.1) is 11.3 Å². The Bertz CT molecular complexity index is 894. The molecule has 3 aromatic carbocycles. The van der Waals surface area contributed by atoms with Gasteiger partial charge in [0.25, 0.3) is 0 Å². The molecule has 0 saturated carbocycles. The minimum Gasteiger partial charge on any atom is -0.497 e. The molecule has 0 N–H and O–H groups in total. The molecule has 3 rings (SSSR count). The third kappa shape index (κ3) is 3.56. The molecule has 0 spiro atoms. The fourth-order valence-corrected chi connectivity index (χ4v) is 2.50. The Morgan fingerprint density at radius 3 is 1.76 bits per heavy atom. The van der Waals surface area contributed by atoms with Crippen molar-refractivity contribution in [2.24, 2.45) is 0 Å². The Morgan fingerprint density at radius 2 is 1.24 bits per heavy atom. The van der Waals surface area contributed by atoms with Gasteiger partial charge in [0.05, 0.1) is 14.2 Å². The second-order valence-corrected chi connectivity index (χ2v) is 5.30. The maximum absolute atomic E-state index is 9.32. The minimum absolute atomic E-state index is 0.379. The number of hydrogen-bond donors (Lipinski definition) is 0. The minimum atomic E-state index is 0.379. The normalized spacial score (nSPS) is 9.96. The number of benzene rings is 3. The fourth-order valence-electron chi connectivity index (χ4n) is 2.50. The molecule has 0 aromatic heterocycles. The summed E-state index contributed by atoms with van der Waals surface area (Å²) >= 11 is 0. The van der Waals surface area contributed by atoms with Crippen molar-refractivity contribution in [3.63, 3.8) is 0 Å². The summed E-state index contributed by atoms with van der Waals surface area (Å²) in [5.41, 5.74) is 2.54. The monoisotopic (exact) mass is 331 g/mol. The van der Waals surface area contributed by atoms with Crippen LogP contribution in [0.5, 0.6) is 23.0 Å². The molecule has 0 aliphatic carbocycles. The van der Waals surface area contributed by atoms with Crippen LogP contribution in [-0.4, -0.2) is 14.2 Å². The van der Waals surface area contributed by atoms with E-state index in [-0.39, 0.29) is 0 Å². The molecule has 0 atom stereocenters. The molecule has 4 nitrogen and oxygen atoms in total. The van der Waals surface area contributed by atoms with E-state index in [9.17, 15) is 5.26 Å². The Balaban J connectivity index is 1.82. The maximum Gasteiger partial charge on any atom is 0.148 e. The molecule has 0 radical (unpaired) electrons. The van der Waals surface area contributed by atoms with Gasteiger partial charge in [-0.2, -0.15) is 5.26 Å². The van der Waals surface area contributed by atoms with Crippen LogP contribution in [0.25, 0.3) is 11.1 Å². The van der Waals surface area contributed by atoms with Crippen molar-refractivity contribution in [3.05, 3.63) is 72.3 Å². The van der Waals surface area contributed by atoms with Gasteiger partial charge in [-0.3, -0.25) is 0 Å². The Labute approximate surface area is 146 Å². The van der Waals surface area contributed by atoms with Gasteiger partial charge < -0.3 is 14.2 Å². The first-order valence-electron chi connectivity index (χ1n) is 7.74. The van der Waals surface area contributed by atoms with E-state index in [0.717, 1.165) is 16.9 Å². The third-order valence-corrected chi connectivity index (χ3v) is 3.83. The highest BCUT2D eigenvalue weighted by atomic mass is 16.5. The third-order valence-electron chi connectivity index (χ3n) is 3.83. The van der Waals surface area contributed by atoms with Gasteiger partial charge in [-0.05, 0) is 47.5 Å². The van der Waals surface area contributed by atoms with E-state index in [0.29, 0.717) is 22.8 Å². The van der Waals surface area contributed by atoms with Gasteiger partial charge in [0.1, 0.15) is 34.6 Å². The molecule has 0 bridgehead atoms. The predicted molar refractivity (Wildman–Crippen MR) is 96.2 cm³/mol. The molecule has 124 valence electrons. The molecule has 0 fully saturated rings. The molecule has 4 heteroatoms. The molecule has 0 heterocycles.